The predicted octanol–water partition coefficient (Wildman–Crippen LogP) is 2.25. The highest BCUT2D eigenvalue weighted by Gasteiger charge is 2.35. The highest BCUT2D eigenvalue weighted by atomic mass is 16.5. The molecule has 0 radical (unpaired) electrons. The average molecular weight is 239 g/mol. The topological polar surface area (TPSA) is 29.5 Å². The maximum atomic E-state index is 11.4. The van der Waals surface area contributed by atoms with Crippen LogP contribution < -0.4 is 0 Å². The first-order valence-corrected chi connectivity index (χ1v) is 7.04. The van der Waals surface area contributed by atoms with Gasteiger partial charge in [0.15, 0.2) is 0 Å². The maximum absolute atomic E-state index is 11.4. The maximum Gasteiger partial charge on any atom is 0.129 e. The molecule has 2 aliphatic heterocycles. The summed E-state index contributed by atoms with van der Waals surface area (Å²) in [4.78, 5) is 14.0. The molecule has 2 unspecified atom stereocenters. The molecule has 0 aromatic rings. The minimum atomic E-state index is -0.225. The van der Waals surface area contributed by atoms with Crippen molar-refractivity contribution < 1.29 is 9.53 Å². The van der Waals surface area contributed by atoms with Crippen LogP contribution in [0.3, 0.4) is 0 Å². The molecule has 2 aliphatic rings. The smallest absolute Gasteiger partial charge is 0.129 e. The van der Waals surface area contributed by atoms with Crippen LogP contribution in [0.5, 0.6) is 0 Å². The van der Waals surface area contributed by atoms with Gasteiger partial charge in [0, 0.05) is 19.2 Å². The molecule has 17 heavy (non-hydrogen) atoms. The predicted molar refractivity (Wildman–Crippen MR) is 68.1 cm³/mol. The molecule has 98 valence electrons. The molecule has 2 fully saturated rings. The van der Waals surface area contributed by atoms with E-state index in [2.05, 4.69) is 11.8 Å². The largest absolute Gasteiger partial charge is 0.380 e. The normalized spacial score (nSPS) is 36.4. The van der Waals surface area contributed by atoms with Gasteiger partial charge in [-0.1, -0.05) is 12.8 Å². The molecule has 0 N–H and O–H groups in total. The SMILES string of the molecule is CC1CCCCCN1CC1(C=O)CCCOC1. The highest BCUT2D eigenvalue weighted by molar-refractivity contribution is 5.60. The Balaban J connectivity index is 1.98. The summed E-state index contributed by atoms with van der Waals surface area (Å²) in [6, 6.07) is 0.622. The second-order valence-electron chi connectivity index (χ2n) is 5.81. The minimum absolute atomic E-state index is 0.225. The van der Waals surface area contributed by atoms with Gasteiger partial charge in [-0.05, 0) is 39.2 Å². The van der Waals surface area contributed by atoms with E-state index in [0.29, 0.717) is 12.6 Å². The summed E-state index contributed by atoms with van der Waals surface area (Å²) in [5.41, 5.74) is -0.225. The fourth-order valence-corrected chi connectivity index (χ4v) is 3.10. The number of ether oxygens (including phenoxy) is 1. The van der Waals surface area contributed by atoms with E-state index in [1.54, 1.807) is 0 Å². The molecular weight excluding hydrogens is 214 g/mol. The van der Waals surface area contributed by atoms with Crippen LogP contribution in [-0.2, 0) is 9.53 Å². The van der Waals surface area contributed by atoms with Gasteiger partial charge in [-0.2, -0.15) is 0 Å². The number of nitrogens with zero attached hydrogens (tertiary/aromatic N) is 1. The molecule has 2 heterocycles. The van der Waals surface area contributed by atoms with E-state index in [-0.39, 0.29) is 5.41 Å². The summed E-state index contributed by atoms with van der Waals surface area (Å²) in [6.07, 6.45) is 8.41. The lowest BCUT2D eigenvalue weighted by atomic mass is 9.83. The van der Waals surface area contributed by atoms with Crippen molar-refractivity contribution in [1.82, 2.24) is 4.90 Å². The van der Waals surface area contributed by atoms with E-state index in [4.69, 9.17) is 4.74 Å². The standard InChI is InChI=1S/C14H25NO2/c1-13-6-3-2-4-8-15(13)10-14(11-16)7-5-9-17-12-14/h11,13H,2-10,12H2,1H3. The number of carbonyl (C=O) groups is 1. The van der Waals surface area contributed by atoms with Gasteiger partial charge in [0.25, 0.3) is 0 Å². The molecule has 0 aliphatic carbocycles. The van der Waals surface area contributed by atoms with Gasteiger partial charge in [-0.3, -0.25) is 4.90 Å². The van der Waals surface area contributed by atoms with Gasteiger partial charge < -0.3 is 9.53 Å². The van der Waals surface area contributed by atoms with Gasteiger partial charge in [0.05, 0.1) is 12.0 Å². The molecule has 3 nitrogen and oxygen atoms in total. The Hall–Kier alpha value is -0.410. The fraction of sp³-hybridized carbons (Fsp3) is 0.929. The monoisotopic (exact) mass is 239 g/mol. The van der Waals surface area contributed by atoms with Gasteiger partial charge in [-0.15, -0.1) is 0 Å². The minimum Gasteiger partial charge on any atom is -0.380 e. The van der Waals surface area contributed by atoms with Crippen molar-refractivity contribution in [2.45, 2.75) is 51.5 Å². The Kier molecular flexibility index (Phi) is 4.57. The van der Waals surface area contributed by atoms with Crippen LogP contribution in [0.4, 0.5) is 0 Å². The summed E-state index contributed by atoms with van der Waals surface area (Å²) in [7, 11) is 0. The van der Waals surface area contributed by atoms with Crippen molar-refractivity contribution in [1.29, 1.82) is 0 Å². The van der Waals surface area contributed by atoms with Crippen molar-refractivity contribution in [3.05, 3.63) is 0 Å². The number of rotatable bonds is 3. The zero-order valence-corrected chi connectivity index (χ0v) is 11.0. The molecule has 3 heteroatoms. The first-order chi connectivity index (χ1) is 8.26. The summed E-state index contributed by atoms with van der Waals surface area (Å²) in [6.45, 7) is 5.80. The van der Waals surface area contributed by atoms with Crippen LogP contribution in [0.1, 0.15) is 45.4 Å². The Bertz CT molecular complexity index is 249. The molecule has 0 amide bonds. The first kappa shape index (κ1) is 13.0. The molecule has 0 aromatic carbocycles. The Morgan fingerprint density at radius 2 is 2.24 bits per heavy atom. The number of aldehydes is 1. The van der Waals surface area contributed by atoms with Gasteiger partial charge >= 0.3 is 0 Å². The summed E-state index contributed by atoms with van der Waals surface area (Å²) < 4.78 is 5.53. The zero-order valence-electron chi connectivity index (χ0n) is 11.0. The van der Waals surface area contributed by atoms with E-state index in [1.165, 1.54) is 25.7 Å². The van der Waals surface area contributed by atoms with Crippen molar-refractivity contribution >= 4 is 6.29 Å². The molecule has 0 bridgehead atoms. The molecule has 2 atom stereocenters. The van der Waals surface area contributed by atoms with Gasteiger partial charge in [0.1, 0.15) is 6.29 Å². The van der Waals surface area contributed by atoms with Gasteiger partial charge in [-0.25, -0.2) is 0 Å². The van der Waals surface area contributed by atoms with Crippen LogP contribution in [0, 0.1) is 5.41 Å². The Morgan fingerprint density at radius 3 is 2.94 bits per heavy atom. The van der Waals surface area contributed by atoms with Crippen LogP contribution in [-0.4, -0.2) is 43.5 Å². The van der Waals surface area contributed by atoms with Crippen LogP contribution in [0.25, 0.3) is 0 Å². The molecular formula is C14H25NO2. The number of likely N-dealkylation sites (tertiary alicyclic amines) is 1. The number of hydrogen-bond donors (Lipinski definition) is 0. The third-order valence-corrected chi connectivity index (χ3v) is 4.31. The summed E-state index contributed by atoms with van der Waals surface area (Å²) in [5, 5.41) is 0. The number of carbonyl (C=O) groups excluding carboxylic acids is 1. The lowest BCUT2D eigenvalue weighted by molar-refractivity contribution is -0.126. The van der Waals surface area contributed by atoms with E-state index in [9.17, 15) is 4.79 Å². The van der Waals surface area contributed by atoms with Crippen molar-refractivity contribution in [3.63, 3.8) is 0 Å². The summed E-state index contributed by atoms with van der Waals surface area (Å²) >= 11 is 0. The van der Waals surface area contributed by atoms with E-state index in [0.717, 1.165) is 38.8 Å². The molecule has 0 saturated carbocycles. The zero-order chi connectivity index (χ0) is 12.1. The molecule has 2 saturated heterocycles. The van der Waals surface area contributed by atoms with Gasteiger partial charge in [0.2, 0.25) is 0 Å². The molecule has 2 rings (SSSR count). The Morgan fingerprint density at radius 1 is 1.35 bits per heavy atom. The fourth-order valence-electron chi connectivity index (χ4n) is 3.10. The van der Waals surface area contributed by atoms with E-state index in [1.807, 2.05) is 0 Å². The third-order valence-electron chi connectivity index (χ3n) is 4.31. The summed E-state index contributed by atoms with van der Waals surface area (Å²) in [5.74, 6) is 0. The highest BCUT2D eigenvalue weighted by Crippen LogP contribution is 2.29. The number of hydrogen-bond acceptors (Lipinski definition) is 3. The molecule has 0 aromatic heterocycles. The second kappa shape index (κ2) is 5.96. The Labute approximate surface area is 105 Å². The third kappa shape index (κ3) is 3.29. The van der Waals surface area contributed by atoms with Crippen LogP contribution in [0.15, 0.2) is 0 Å². The van der Waals surface area contributed by atoms with Crippen LogP contribution in [0.2, 0.25) is 0 Å². The first-order valence-electron chi connectivity index (χ1n) is 7.04. The van der Waals surface area contributed by atoms with Crippen molar-refractivity contribution in [3.8, 4) is 0 Å². The van der Waals surface area contributed by atoms with Crippen molar-refractivity contribution in [2.75, 3.05) is 26.3 Å². The molecule has 0 spiro atoms. The lowest BCUT2D eigenvalue weighted by Crippen LogP contribution is -2.47. The van der Waals surface area contributed by atoms with Crippen molar-refractivity contribution in [2.24, 2.45) is 5.41 Å². The van der Waals surface area contributed by atoms with E-state index < -0.39 is 0 Å². The van der Waals surface area contributed by atoms with Crippen LogP contribution >= 0.6 is 0 Å². The lowest BCUT2D eigenvalue weighted by Gasteiger charge is -2.38. The van der Waals surface area contributed by atoms with E-state index >= 15 is 0 Å². The quantitative estimate of drug-likeness (QED) is 0.707. The average Bonchev–Trinajstić information content (AvgIpc) is 2.56. The second-order valence-corrected chi connectivity index (χ2v) is 5.81.